The van der Waals surface area contributed by atoms with Gasteiger partial charge in [0.15, 0.2) is 11.5 Å². The minimum absolute atomic E-state index is 0.0153. The number of methoxy groups -OCH3 is 3. The van der Waals surface area contributed by atoms with Crippen molar-refractivity contribution in [2.75, 3.05) is 41.5 Å². The summed E-state index contributed by atoms with van der Waals surface area (Å²) in [5.74, 6) is 0.0317. The number of aromatic nitrogens is 1. The van der Waals surface area contributed by atoms with Crippen LogP contribution in [0.15, 0.2) is 67.0 Å². The highest BCUT2D eigenvalue weighted by Gasteiger charge is 2.35. The molecule has 1 aromatic heterocycles. The summed E-state index contributed by atoms with van der Waals surface area (Å²) in [6.45, 7) is 1.31. The zero-order chi connectivity index (χ0) is 30.6. The van der Waals surface area contributed by atoms with Gasteiger partial charge in [0, 0.05) is 43.1 Å². The fourth-order valence-corrected chi connectivity index (χ4v) is 6.10. The summed E-state index contributed by atoms with van der Waals surface area (Å²) in [4.78, 5) is 35.4. The molecule has 1 saturated heterocycles. The molecule has 0 radical (unpaired) electrons. The molecule has 2 heterocycles. The average Bonchev–Trinajstić information content (AvgIpc) is 3.51. The average molecular weight is 588 g/mol. The third-order valence-electron chi connectivity index (χ3n) is 8.45. The quantitative estimate of drug-likeness (QED) is 0.159. The van der Waals surface area contributed by atoms with Gasteiger partial charge in [-0.2, -0.15) is 0 Å². The molecule has 0 saturated carbocycles. The maximum absolute atomic E-state index is 13.6. The second kappa shape index (κ2) is 16.1. The van der Waals surface area contributed by atoms with E-state index in [1.807, 2.05) is 18.5 Å². The standard InChI is InChI=1S/C35H45N3O5/c1-37(29(17-8-14-26-12-6-5-7-13-26)18-9-15-27-16-10-20-36-24-27)25-30-19-11-21-38(30)35(40)33(39)28-22-31(41-2)34(43-4)32(23-28)42-3/h5-7,10,12-13,16,20,22-24,29-30H,8-9,11,14-15,17-19,21,25H2,1-4H3/t29?,30-/m0/s1. The highest BCUT2D eigenvalue weighted by Crippen LogP contribution is 2.38. The van der Waals surface area contributed by atoms with E-state index >= 15 is 0 Å². The van der Waals surface area contributed by atoms with Gasteiger partial charge in [-0.15, -0.1) is 0 Å². The third-order valence-corrected chi connectivity index (χ3v) is 8.45. The van der Waals surface area contributed by atoms with Crippen molar-refractivity contribution in [2.24, 2.45) is 0 Å². The van der Waals surface area contributed by atoms with Crippen molar-refractivity contribution in [2.45, 2.75) is 63.5 Å². The van der Waals surface area contributed by atoms with Crippen LogP contribution in [-0.4, -0.2) is 80.0 Å². The molecule has 1 aliphatic rings. The van der Waals surface area contributed by atoms with Crippen molar-refractivity contribution in [1.29, 1.82) is 0 Å². The predicted molar refractivity (Wildman–Crippen MR) is 168 cm³/mol. The van der Waals surface area contributed by atoms with E-state index in [4.69, 9.17) is 14.2 Å². The number of benzene rings is 2. The Bertz CT molecular complexity index is 1250. The van der Waals surface area contributed by atoms with E-state index in [1.165, 1.54) is 32.5 Å². The number of likely N-dealkylation sites (N-methyl/N-ethyl adjacent to an activating group) is 1. The molecule has 2 atom stereocenters. The van der Waals surface area contributed by atoms with Crippen LogP contribution < -0.4 is 14.2 Å². The number of amides is 1. The number of carbonyl (C=O) groups is 2. The molecule has 0 N–H and O–H groups in total. The zero-order valence-electron chi connectivity index (χ0n) is 26.0. The van der Waals surface area contributed by atoms with Gasteiger partial charge in [0.2, 0.25) is 5.75 Å². The molecule has 4 rings (SSSR count). The Morgan fingerprint density at radius 3 is 2.19 bits per heavy atom. The van der Waals surface area contributed by atoms with Crippen LogP contribution >= 0.6 is 0 Å². The van der Waals surface area contributed by atoms with Gasteiger partial charge in [0.1, 0.15) is 0 Å². The maximum atomic E-state index is 13.6. The number of Topliss-reactive ketones (excluding diaryl/α,β-unsaturated/α-hetero) is 1. The molecule has 1 fully saturated rings. The first-order valence-corrected chi connectivity index (χ1v) is 15.2. The van der Waals surface area contributed by atoms with E-state index in [9.17, 15) is 9.59 Å². The molecule has 0 spiro atoms. The first kappa shape index (κ1) is 32.0. The highest BCUT2D eigenvalue weighted by atomic mass is 16.5. The molecule has 8 heteroatoms. The maximum Gasteiger partial charge on any atom is 0.295 e. The molecule has 1 amide bonds. The Morgan fingerprint density at radius 2 is 1.58 bits per heavy atom. The Morgan fingerprint density at radius 1 is 0.930 bits per heavy atom. The third kappa shape index (κ3) is 8.57. The Labute approximate surface area is 256 Å². The summed E-state index contributed by atoms with van der Waals surface area (Å²) in [6, 6.07) is 18.2. The van der Waals surface area contributed by atoms with E-state index in [2.05, 4.69) is 53.3 Å². The van der Waals surface area contributed by atoms with E-state index < -0.39 is 11.7 Å². The Kier molecular flexibility index (Phi) is 12.0. The van der Waals surface area contributed by atoms with Gasteiger partial charge < -0.3 is 24.0 Å². The number of carbonyl (C=O) groups excluding carboxylic acids is 2. The number of hydrogen-bond donors (Lipinski definition) is 0. The van der Waals surface area contributed by atoms with Crippen LogP contribution in [0.25, 0.3) is 0 Å². The fourth-order valence-electron chi connectivity index (χ4n) is 6.10. The lowest BCUT2D eigenvalue weighted by molar-refractivity contribution is -0.127. The summed E-state index contributed by atoms with van der Waals surface area (Å²) in [7, 11) is 6.66. The second-order valence-electron chi connectivity index (χ2n) is 11.3. The van der Waals surface area contributed by atoms with Crippen molar-refractivity contribution in [3.05, 3.63) is 83.7 Å². The van der Waals surface area contributed by atoms with Gasteiger partial charge in [-0.1, -0.05) is 36.4 Å². The van der Waals surface area contributed by atoms with E-state index in [0.717, 1.165) is 57.9 Å². The molecule has 8 nitrogen and oxygen atoms in total. The number of hydrogen-bond acceptors (Lipinski definition) is 7. The summed E-state index contributed by atoms with van der Waals surface area (Å²) in [5.41, 5.74) is 2.84. The van der Waals surface area contributed by atoms with E-state index in [-0.39, 0.29) is 11.6 Å². The molecular weight excluding hydrogens is 542 g/mol. The topological polar surface area (TPSA) is 81.2 Å². The zero-order valence-corrected chi connectivity index (χ0v) is 26.0. The van der Waals surface area contributed by atoms with Crippen molar-refractivity contribution in [3.8, 4) is 17.2 Å². The summed E-state index contributed by atoms with van der Waals surface area (Å²) < 4.78 is 16.2. The van der Waals surface area contributed by atoms with Crippen molar-refractivity contribution < 1.29 is 23.8 Å². The Hall–Kier alpha value is -3.91. The number of ether oxygens (including phenoxy) is 3. The number of likely N-dealkylation sites (tertiary alicyclic amines) is 1. The SMILES string of the molecule is COc1cc(C(=O)C(=O)N2CCC[C@H]2CN(C)C(CCCc2ccccc2)CCCc2cccnc2)cc(OC)c1OC. The van der Waals surface area contributed by atoms with Gasteiger partial charge >= 0.3 is 0 Å². The number of ketones is 1. The van der Waals surface area contributed by atoms with Crippen molar-refractivity contribution in [3.63, 3.8) is 0 Å². The molecule has 3 aromatic rings. The van der Waals surface area contributed by atoms with Crippen molar-refractivity contribution in [1.82, 2.24) is 14.8 Å². The minimum Gasteiger partial charge on any atom is -0.493 e. The number of rotatable bonds is 16. The van der Waals surface area contributed by atoms with Crippen molar-refractivity contribution >= 4 is 11.7 Å². The molecule has 43 heavy (non-hydrogen) atoms. The lowest BCUT2D eigenvalue weighted by Gasteiger charge is -2.33. The summed E-state index contributed by atoms with van der Waals surface area (Å²) in [6.07, 6.45) is 11.9. The smallest absolute Gasteiger partial charge is 0.295 e. The first-order chi connectivity index (χ1) is 20.9. The van der Waals surface area contributed by atoms with Gasteiger partial charge in [0.05, 0.1) is 21.3 Å². The highest BCUT2D eigenvalue weighted by molar-refractivity contribution is 6.43. The largest absolute Gasteiger partial charge is 0.493 e. The summed E-state index contributed by atoms with van der Waals surface area (Å²) >= 11 is 0. The first-order valence-electron chi connectivity index (χ1n) is 15.2. The molecule has 0 bridgehead atoms. The number of aryl methyl sites for hydroxylation is 2. The normalized spacial score (nSPS) is 15.4. The number of nitrogens with zero attached hydrogens (tertiary/aromatic N) is 3. The molecule has 2 aromatic carbocycles. The van der Waals surface area contributed by atoms with E-state index in [1.54, 1.807) is 17.0 Å². The second-order valence-corrected chi connectivity index (χ2v) is 11.3. The lowest BCUT2D eigenvalue weighted by atomic mass is 9.98. The van der Waals surface area contributed by atoms with Crippen LogP contribution in [-0.2, 0) is 17.6 Å². The van der Waals surface area contributed by atoms with Gasteiger partial charge in [0.25, 0.3) is 11.7 Å². The molecule has 0 aliphatic carbocycles. The molecule has 230 valence electrons. The molecule has 1 unspecified atom stereocenters. The molecular formula is C35H45N3O5. The summed E-state index contributed by atoms with van der Waals surface area (Å²) in [5, 5.41) is 0. The van der Waals surface area contributed by atoms with Crippen LogP contribution in [0.5, 0.6) is 17.2 Å². The predicted octanol–water partition coefficient (Wildman–Crippen LogP) is 5.63. The van der Waals surface area contributed by atoms with Crippen LogP contribution in [0.4, 0.5) is 0 Å². The number of pyridine rings is 1. The van der Waals surface area contributed by atoms with Crippen LogP contribution in [0.1, 0.15) is 60.0 Å². The van der Waals surface area contributed by atoms with Crippen LogP contribution in [0.3, 0.4) is 0 Å². The fraction of sp³-hybridized carbons (Fsp3) is 0.457. The monoisotopic (exact) mass is 587 g/mol. The van der Waals surface area contributed by atoms with Crippen LogP contribution in [0, 0.1) is 0 Å². The van der Waals surface area contributed by atoms with Crippen LogP contribution in [0.2, 0.25) is 0 Å². The minimum atomic E-state index is -0.565. The van der Waals surface area contributed by atoms with Gasteiger partial charge in [-0.05, 0) is 87.7 Å². The van der Waals surface area contributed by atoms with Gasteiger partial charge in [-0.25, -0.2) is 0 Å². The Balaban J connectivity index is 1.42. The van der Waals surface area contributed by atoms with Gasteiger partial charge in [-0.3, -0.25) is 14.6 Å². The lowest BCUT2D eigenvalue weighted by Crippen LogP contribution is -2.47. The molecule has 1 aliphatic heterocycles. The van der Waals surface area contributed by atoms with E-state index in [0.29, 0.717) is 29.8 Å².